The van der Waals surface area contributed by atoms with Gasteiger partial charge in [-0.3, -0.25) is 0 Å². The Balaban J connectivity index is 1.77. The van der Waals surface area contributed by atoms with Gasteiger partial charge in [-0.1, -0.05) is 33.6 Å². The molecule has 5 nitrogen and oxygen atoms in total. The Morgan fingerprint density at radius 1 is 1.00 bits per heavy atom. The van der Waals surface area contributed by atoms with Crippen molar-refractivity contribution in [3.05, 3.63) is 52.5 Å². The second-order valence-electron chi connectivity index (χ2n) is 6.02. The summed E-state index contributed by atoms with van der Waals surface area (Å²) in [4.78, 5) is 2.42. The summed E-state index contributed by atoms with van der Waals surface area (Å²) in [5.74, 6) is 0.357. The SMILES string of the molecule is COc1cc(Br)ccc1S(=O)(=O)N1CCN(c2ccc(C)cc2)CC1. The van der Waals surface area contributed by atoms with Gasteiger partial charge in [0.05, 0.1) is 7.11 Å². The lowest BCUT2D eigenvalue weighted by Gasteiger charge is -2.35. The molecule has 2 aromatic rings. The summed E-state index contributed by atoms with van der Waals surface area (Å²) in [6, 6.07) is 13.3. The molecule has 0 amide bonds. The number of aryl methyl sites for hydroxylation is 1. The lowest BCUT2D eigenvalue weighted by atomic mass is 10.2. The molecule has 3 rings (SSSR count). The van der Waals surface area contributed by atoms with Crippen molar-refractivity contribution in [2.75, 3.05) is 38.2 Å². The number of nitrogens with zero attached hydrogens (tertiary/aromatic N) is 2. The number of rotatable bonds is 4. The van der Waals surface area contributed by atoms with Gasteiger partial charge < -0.3 is 9.64 Å². The molecule has 0 saturated carbocycles. The Morgan fingerprint density at radius 3 is 2.24 bits per heavy atom. The van der Waals surface area contributed by atoms with E-state index in [0.717, 1.165) is 10.2 Å². The fourth-order valence-electron chi connectivity index (χ4n) is 2.94. The zero-order valence-corrected chi connectivity index (χ0v) is 16.7. The van der Waals surface area contributed by atoms with E-state index in [4.69, 9.17) is 4.74 Å². The number of anilines is 1. The van der Waals surface area contributed by atoms with Crippen LogP contribution >= 0.6 is 15.9 Å². The van der Waals surface area contributed by atoms with Crippen molar-refractivity contribution < 1.29 is 13.2 Å². The summed E-state index contributed by atoms with van der Waals surface area (Å²) >= 11 is 3.34. The van der Waals surface area contributed by atoms with Gasteiger partial charge in [0, 0.05) is 36.3 Å². The molecule has 0 radical (unpaired) electrons. The van der Waals surface area contributed by atoms with Crippen LogP contribution in [0.4, 0.5) is 5.69 Å². The van der Waals surface area contributed by atoms with E-state index >= 15 is 0 Å². The molecule has 0 N–H and O–H groups in total. The minimum Gasteiger partial charge on any atom is -0.495 e. The molecule has 1 aliphatic heterocycles. The maximum Gasteiger partial charge on any atom is 0.246 e. The molecule has 0 spiro atoms. The first-order valence-corrected chi connectivity index (χ1v) is 10.3. The summed E-state index contributed by atoms with van der Waals surface area (Å²) in [5, 5.41) is 0. The van der Waals surface area contributed by atoms with Crippen molar-refractivity contribution in [1.29, 1.82) is 0 Å². The van der Waals surface area contributed by atoms with E-state index in [-0.39, 0.29) is 4.90 Å². The second kappa shape index (κ2) is 7.35. The minimum atomic E-state index is -3.57. The summed E-state index contributed by atoms with van der Waals surface area (Å²) < 4.78 is 33.5. The smallest absolute Gasteiger partial charge is 0.246 e. The zero-order chi connectivity index (χ0) is 18.0. The fraction of sp³-hybridized carbons (Fsp3) is 0.333. The monoisotopic (exact) mass is 424 g/mol. The van der Waals surface area contributed by atoms with Crippen LogP contribution in [0.1, 0.15) is 5.56 Å². The van der Waals surface area contributed by atoms with Crippen LogP contribution in [0.2, 0.25) is 0 Å². The highest BCUT2D eigenvalue weighted by molar-refractivity contribution is 9.10. The van der Waals surface area contributed by atoms with Crippen molar-refractivity contribution in [2.45, 2.75) is 11.8 Å². The molecule has 0 atom stereocenters. The van der Waals surface area contributed by atoms with E-state index in [9.17, 15) is 8.42 Å². The summed E-state index contributed by atoms with van der Waals surface area (Å²) in [6.45, 7) is 4.30. The summed E-state index contributed by atoms with van der Waals surface area (Å²) in [6.07, 6.45) is 0. The molecule has 0 aliphatic carbocycles. The first-order chi connectivity index (χ1) is 11.9. The topological polar surface area (TPSA) is 49.9 Å². The van der Waals surface area contributed by atoms with Crippen molar-refractivity contribution in [3.8, 4) is 5.75 Å². The molecular weight excluding hydrogens is 404 g/mol. The molecule has 2 aromatic carbocycles. The summed E-state index contributed by atoms with van der Waals surface area (Å²) in [5.41, 5.74) is 2.34. The van der Waals surface area contributed by atoms with Crippen LogP contribution in [-0.4, -0.2) is 46.0 Å². The highest BCUT2D eigenvalue weighted by atomic mass is 79.9. The van der Waals surface area contributed by atoms with Gasteiger partial charge in [0.15, 0.2) is 0 Å². The molecule has 0 unspecified atom stereocenters. The Labute approximate surface area is 157 Å². The first-order valence-electron chi connectivity index (χ1n) is 8.07. The van der Waals surface area contributed by atoms with Crippen LogP contribution in [0, 0.1) is 6.92 Å². The largest absolute Gasteiger partial charge is 0.495 e. The minimum absolute atomic E-state index is 0.210. The number of halogens is 1. The van der Waals surface area contributed by atoms with E-state index in [0.29, 0.717) is 31.9 Å². The van der Waals surface area contributed by atoms with E-state index in [1.54, 1.807) is 18.2 Å². The molecule has 1 fully saturated rings. The van der Waals surface area contributed by atoms with Crippen molar-refractivity contribution in [1.82, 2.24) is 4.31 Å². The van der Waals surface area contributed by atoms with Gasteiger partial charge in [-0.15, -0.1) is 0 Å². The maximum atomic E-state index is 13.0. The van der Waals surface area contributed by atoms with Crippen LogP contribution in [0.5, 0.6) is 5.75 Å². The lowest BCUT2D eigenvalue weighted by molar-refractivity contribution is 0.374. The van der Waals surface area contributed by atoms with E-state index in [2.05, 4.69) is 52.0 Å². The third-order valence-electron chi connectivity index (χ3n) is 4.38. The average molecular weight is 425 g/mol. The van der Waals surface area contributed by atoms with Gasteiger partial charge in [0.25, 0.3) is 0 Å². The third kappa shape index (κ3) is 3.83. The predicted molar refractivity (Wildman–Crippen MR) is 103 cm³/mol. The van der Waals surface area contributed by atoms with Crippen LogP contribution in [0.3, 0.4) is 0 Å². The Hall–Kier alpha value is -1.57. The van der Waals surface area contributed by atoms with Crippen LogP contribution in [-0.2, 0) is 10.0 Å². The normalized spacial score (nSPS) is 16.0. The van der Waals surface area contributed by atoms with Gasteiger partial charge >= 0.3 is 0 Å². The molecule has 7 heteroatoms. The van der Waals surface area contributed by atoms with Crippen molar-refractivity contribution in [3.63, 3.8) is 0 Å². The van der Waals surface area contributed by atoms with Gasteiger partial charge in [-0.25, -0.2) is 8.42 Å². The number of hydrogen-bond acceptors (Lipinski definition) is 4. The molecule has 1 aliphatic rings. The van der Waals surface area contributed by atoms with Gasteiger partial charge in [-0.05, 0) is 37.3 Å². The maximum absolute atomic E-state index is 13.0. The van der Waals surface area contributed by atoms with Crippen LogP contribution < -0.4 is 9.64 Å². The van der Waals surface area contributed by atoms with E-state index in [1.807, 2.05) is 0 Å². The quantitative estimate of drug-likeness (QED) is 0.755. The molecule has 1 heterocycles. The van der Waals surface area contributed by atoms with E-state index in [1.165, 1.54) is 17.0 Å². The Morgan fingerprint density at radius 2 is 1.64 bits per heavy atom. The molecule has 134 valence electrons. The lowest BCUT2D eigenvalue weighted by Crippen LogP contribution is -2.48. The first kappa shape index (κ1) is 18.2. The Kier molecular flexibility index (Phi) is 5.36. The van der Waals surface area contributed by atoms with Gasteiger partial charge in [0.2, 0.25) is 10.0 Å². The molecule has 1 saturated heterocycles. The molecule has 0 aromatic heterocycles. The number of sulfonamides is 1. The highest BCUT2D eigenvalue weighted by Gasteiger charge is 2.30. The zero-order valence-electron chi connectivity index (χ0n) is 14.3. The molecular formula is C18H21BrN2O3S. The van der Waals surface area contributed by atoms with Gasteiger partial charge in [0.1, 0.15) is 10.6 Å². The van der Waals surface area contributed by atoms with Gasteiger partial charge in [-0.2, -0.15) is 4.31 Å². The number of hydrogen-bond donors (Lipinski definition) is 0. The third-order valence-corrected chi connectivity index (χ3v) is 6.81. The van der Waals surface area contributed by atoms with E-state index < -0.39 is 10.0 Å². The van der Waals surface area contributed by atoms with Crippen molar-refractivity contribution in [2.24, 2.45) is 0 Å². The highest BCUT2D eigenvalue weighted by Crippen LogP contribution is 2.30. The predicted octanol–water partition coefficient (Wildman–Crippen LogP) is 3.28. The average Bonchev–Trinajstić information content (AvgIpc) is 2.62. The number of methoxy groups -OCH3 is 1. The second-order valence-corrected chi connectivity index (χ2v) is 8.84. The molecule has 25 heavy (non-hydrogen) atoms. The fourth-order valence-corrected chi connectivity index (χ4v) is 4.83. The summed E-state index contributed by atoms with van der Waals surface area (Å²) in [7, 11) is -2.09. The van der Waals surface area contributed by atoms with Crippen LogP contribution in [0.15, 0.2) is 51.8 Å². The van der Waals surface area contributed by atoms with Crippen LogP contribution in [0.25, 0.3) is 0 Å². The molecule has 0 bridgehead atoms. The standard InChI is InChI=1S/C18H21BrN2O3S/c1-14-3-6-16(7-4-14)20-9-11-21(12-10-20)25(22,23)18-8-5-15(19)13-17(18)24-2/h3-8,13H,9-12H2,1-2H3. The number of benzene rings is 2. The van der Waals surface area contributed by atoms with Crippen molar-refractivity contribution >= 4 is 31.6 Å². The number of ether oxygens (including phenoxy) is 1. The number of piperazine rings is 1. The Bertz CT molecular complexity index is 845.